The van der Waals surface area contributed by atoms with Crippen LogP contribution < -0.4 is 0 Å². The van der Waals surface area contributed by atoms with Gasteiger partial charge >= 0.3 is 0 Å². The number of benzene rings is 1. The normalized spacial score (nSPS) is 41.2. The first kappa shape index (κ1) is 19.8. The highest BCUT2D eigenvalue weighted by atomic mass is 35.5. The first-order chi connectivity index (χ1) is 13.9. The summed E-state index contributed by atoms with van der Waals surface area (Å²) in [6.07, 6.45) is 12.7. The van der Waals surface area contributed by atoms with E-state index in [0.29, 0.717) is 35.3 Å². The molecule has 5 radical (unpaired) electrons. The summed E-state index contributed by atoms with van der Waals surface area (Å²) in [4.78, 5) is 0. The molecule has 0 amide bonds. The Morgan fingerprint density at radius 1 is 1.21 bits per heavy atom. The zero-order chi connectivity index (χ0) is 20.2. The number of phenolic OH excluding ortho intramolecular Hbond substituents is 1. The second kappa shape index (κ2) is 7.21. The van der Waals surface area contributed by atoms with E-state index in [1.54, 1.807) is 0 Å². The molecule has 0 heterocycles. The van der Waals surface area contributed by atoms with E-state index in [2.05, 4.69) is 24.8 Å². The zero-order valence-corrected chi connectivity index (χ0v) is 17.6. The van der Waals surface area contributed by atoms with Crippen molar-refractivity contribution in [3.63, 3.8) is 0 Å². The van der Waals surface area contributed by atoms with Crippen molar-refractivity contribution in [2.45, 2.75) is 50.5 Å². The predicted molar refractivity (Wildman–Crippen MR) is 115 cm³/mol. The fraction of sp³-hybridized carbons (Fsp3) is 0.500. The SMILES string of the molecule is C[C@]12CC(CCl)C3c4ccc(O)cc4CC[C@H]3[C@@H]1CCC2(O)C#C[C]1[CH][CH][CH][CH]1. The van der Waals surface area contributed by atoms with Crippen molar-refractivity contribution in [1.82, 2.24) is 0 Å². The van der Waals surface area contributed by atoms with Crippen molar-refractivity contribution in [3.05, 3.63) is 60.9 Å². The Hall–Kier alpha value is -1.17. The molecule has 1 aromatic rings. The molecule has 4 aliphatic carbocycles. The number of hydrogen-bond donors (Lipinski definition) is 2. The van der Waals surface area contributed by atoms with Gasteiger partial charge in [0, 0.05) is 11.3 Å². The van der Waals surface area contributed by atoms with Gasteiger partial charge in [-0.25, -0.2) is 0 Å². The molecule has 2 N–H and O–H groups in total. The Labute approximate surface area is 180 Å². The molecule has 0 saturated heterocycles. The van der Waals surface area contributed by atoms with Gasteiger partial charge in [0.2, 0.25) is 0 Å². The minimum absolute atomic E-state index is 0.234. The molecule has 1 aromatic carbocycles. The molecule has 6 atom stereocenters. The molecular formula is C26H28ClO2. The van der Waals surface area contributed by atoms with Crippen LogP contribution in [0.5, 0.6) is 5.75 Å². The summed E-state index contributed by atoms with van der Waals surface area (Å²) in [6.45, 7) is 2.26. The molecule has 0 aliphatic heterocycles. The summed E-state index contributed by atoms with van der Waals surface area (Å²) in [7, 11) is 0. The van der Waals surface area contributed by atoms with Gasteiger partial charge in [0.15, 0.2) is 0 Å². The summed E-state index contributed by atoms with van der Waals surface area (Å²) in [5, 5.41) is 21.7. The Kier molecular flexibility index (Phi) is 4.92. The summed E-state index contributed by atoms with van der Waals surface area (Å²) >= 11 is 6.53. The van der Waals surface area contributed by atoms with Gasteiger partial charge in [0.05, 0.1) is 5.92 Å². The lowest BCUT2D eigenvalue weighted by atomic mass is 9.50. The number of fused-ring (bicyclic) bond motifs is 5. The van der Waals surface area contributed by atoms with E-state index in [-0.39, 0.29) is 5.41 Å². The molecule has 151 valence electrons. The molecule has 4 aliphatic rings. The second-order valence-electron chi connectivity index (χ2n) is 9.58. The summed E-state index contributed by atoms with van der Waals surface area (Å²) in [6, 6.07) is 5.86. The number of phenols is 1. The van der Waals surface area contributed by atoms with Crippen LogP contribution in [0.15, 0.2) is 18.2 Å². The quantitative estimate of drug-likeness (QED) is 0.516. The maximum Gasteiger partial charge on any atom is 0.131 e. The van der Waals surface area contributed by atoms with E-state index in [9.17, 15) is 10.2 Å². The van der Waals surface area contributed by atoms with Crippen LogP contribution in [0, 0.1) is 66.6 Å². The van der Waals surface area contributed by atoms with E-state index in [4.69, 9.17) is 11.6 Å². The minimum atomic E-state index is -0.959. The monoisotopic (exact) mass is 407 g/mol. The average molecular weight is 408 g/mol. The molecule has 3 heteroatoms. The van der Waals surface area contributed by atoms with Crippen molar-refractivity contribution in [1.29, 1.82) is 0 Å². The first-order valence-electron chi connectivity index (χ1n) is 10.8. The number of aliphatic hydroxyl groups is 1. The van der Waals surface area contributed by atoms with E-state index >= 15 is 0 Å². The summed E-state index contributed by atoms with van der Waals surface area (Å²) in [5.41, 5.74) is 1.44. The van der Waals surface area contributed by atoms with Crippen LogP contribution >= 0.6 is 11.6 Å². The van der Waals surface area contributed by atoms with Gasteiger partial charge in [-0.05, 0) is 105 Å². The third kappa shape index (κ3) is 3.03. The van der Waals surface area contributed by atoms with E-state index in [0.717, 1.165) is 38.0 Å². The Morgan fingerprint density at radius 2 is 2.00 bits per heavy atom. The van der Waals surface area contributed by atoms with Crippen molar-refractivity contribution in [3.8, 4) is 17.6 Å². The van der Waals surface area contributed by atoms with Crippen molar-refractivity contribution in [2.75, 3.05) is 5.88 Å². The van der Waals surface area contributed by atoms with Crippen molar-refractivity contribution in [2.24, 2.45) is 23.2 Å². The predicted octanol–water partition coefficient (Wildman–Crippen LogP) is 4.85. The van der Waals surface area contributed by atoms with Crippen LogP contribution in [0.1, 0.15) is 49.7 Å². The number of alkyl halides is 1. The lowest BCUT2D eigenvalue weighted by Gasteiger charge is -2.55. The van der Waals surface area contributed by atoms with Gasteiger partial charge in [0.1, 0.15) is 11.4 Å². The van der Waals surface area contributed by atoms with E-state index < -0.39 is 5.60 Å². The van der Waals surface area contributed by atoms with Gasteiger partial charge in [-0.2, -0.15) is 0 Å². The molecule has 0 spiro atoms. The fourth-order valence-corrected chi connectivity index (χ4v) is 7.16. The Balaban J connectivity index is 1.50. The van der Waals surface area contributed by atoms with Crippen LogP contribution in [0.3, 0.4) is 0 Å². The van der Waals surface area contributed by atoms with Gasteiger partial charge in [0.25, 0.3) is 0 Å². The molecule has 3 saturated carbocycles. The number of hydrogen-bond acceptors (Lipinski definition) is 2. The zero-order valence-electron chi connectivity index (χ0n) is 16.9. The first-order valence-corrected chi connectivity index (χ1v) is 11.3. The number of halogens is 1. The van der Waals surface area contributed by atoms with Crippen LogP contribution in [-0.2, 0) is 6.42 Å². The van der Waals surface area contributed by atoms with Gasteiger partial charge in [-0.1, -0.05) is 24.8 Å². The van der Waals surface area contributed by atoms with E-state index in [1.807, 2.05) is 37.8 Å². The summed E-state index contributed by atoms with van der Waals surface area (Å²) in [5.74, 6) is 10.1. The van der Waals surface area contributed by atoms with Crippen LogP contribution in [0.25, 0.3) is 0 Å². The molecular weight excluding hydrogens is 380 g/mol. The van der Waals surface area contributed by atoms with Gasteiger partial charge < -0.3 is 10.2 Å². The molecule has 2 nitrogen and oxygen atoms in total. The lowest BCUT2D eigenvalue weighted by Crippen LogP contribution is -2.53. The minimum Gasteiger partial charge on any atom is -0.508 e. The highest BCUT2D eigenvalue weighted by molar-refractivity contribution is 6.18. The van der Waals surface area contributed by atoms with Crippen LogP contribution in [0.2, 0.25) is 0 Å². The highest BCUT2D eigenvalue weighted by Crippen LogP contribution is 2.66. The highest BCUT2D eigenvalue weighted by Gasteiger charge is 2.63. The number of aromatic hydroxyl groups is 1. The molecule has 3 unspecified atom stereocenters. The number of aryl methyl sites for hydroxylation is 1. The Morgan fingerprint density at radius 3 is 2.76 bits per heavy atom. The molecule has 29 heavy (non-hydrogen) atoms. The maximum absolute atomic E-state index is 11.7. The van der Waals surface area contributed by atoms with Crippen LogP contribution in [-0.4, -0.2) is 21.7 Å². The van der Waals surface area contributed by atoms with Gasteiger partial charge in [-0.15, -0.1) is 11.6 Å². The molecule has 5 rings (SSSR count). The van der Waals surface area contributed by atoms with Crippen molar-refractivity contribution >= 4 is 11.6 Å². The largest absolute Gasteiger partial charge is 0.508 e. The van der Waals surface area contributed by atoms with Crippen molar-refractivity contribution < 1.29 is 10.2 Å². The number of rotatable bonds is 1. The standard InChI is InChI=1S/C26H28ClO2/c1-25-15-19(16-27)24-21-9-7-20(28)14-18(21)6-8-22(24)23(25)11-13-26(25,29)12-10-17-4-2-3-5-17/h2-5,7,9,14,19,22-24,28-29H,6,8,11,13,15-16H2,1H3/t19?,22-,23-,24?,25-,26?/m0/s1. The lowest BCUT2D eigenvalue weighted by molar-refractivity contribution is -0.0806. The smallest absolute Gasteiger partial charge is 0.131 e. The topological polar surface area (TPSA) is 40.5 Å². The Bertz CT molecular complexity index is 848. The fourth-order valence-electron chi connectivity index (χ4n) is 6.86. The average Bonchev–Trinajstić information content (AvgIpc) is 3.32. The van der Waals surface area contributed by atoms with Gasteiger partial charge in [-0.3, -0.25) is 0 Å². The molecule has 0 bridgehead atoms. The molecule has 0 aromatic heterocycles. The second-order valence-corrected chi connectivity index (χ2v) is 9.89. The summed E-state index contributed by atoms with van der Waals surface area (Å²) < 4.78 is 0. The van der Waals surface area contributed by atoms with Crippen LogP contribution in [0.4, 0.5) is 0 Å². The third-order valence-electron chi connectivity index (χ3n) is 8.26. The van der Waals surface area contributed by atoms with E-state index in [1.165, 1.54) is 11.1 Å². The third-order valence-corrected chi connectivity index (χ3v) is 8.66. The molecule has 3 fully saturated rings. The maximum atomic E-state index is 11.7.